The third-order valence-electron chi connectivity index (χ3n) is 3.24. The fourth-order valence-electron chi connectivity index (χ4n) is 1.93. The summed E-state index contributed by atoms with van der Waals surface area (Å²) in [5.41, 5.74) is 5.53. The predicted octanol–water partition coefficient (Wildman–Crippen LogP) is 1.51. The van der Waals surface area contributed by atoms with Crippen LogP contribution in [-0.4, -0.2) is 18.3 Å². The molecular weight excluding hydrogens is 190 g/mol. The minimum absolute atomic E-state index is 0.126. The molecule has 1 aliphatic carbocycles. The van der Waals surface area contributed by atoms with E-state index in [1.54, 1.807) is 0 Å². The molecule has 0 saturated heterocycles. The molecule has 0 radical (unpaired) electrons. The summed E-state index contributed by atoms with van der Waals surface area (Å²) < 4.78 is 5.75. The summed E-state index contributed by atoms with van der Waals surface area (Å²) in [7, 11) is 0. The molecule has 3 atom stereocenters. The molecule has 1 aliphatic rings. The molecule has 1 aromatic heterocycles. The third-order valence-corrected chi connectivity index (χ3v) is 3.24. The van der Waals surface area contributed by atoms with Crippen molar-refractivity contribution in [2.45, 2.75) is 25.7 Å². The van der Waals surface area contributed by atoms with Crippen molar-refractivity contribution >= 4 is 0 Å². The lowest BCUT2D eigenvalue weighted by Crippen LogP contribution is -2.20. The van der Waals surface area contributed by atoms with Crippen LogP contribution in [0.15, 0.2) is 16.5 Å². The molecule has 0 aromatic carbocycles. The Morgan fingerprint density at radius 3 is 2.87 bits per heavy atom. The highest BCUT2D eigenvalue weighted by Crippen LogP contribution is 2.47. The number of furan rings is 1. The van der Waals surface area contributed by atoms with Gasteiger partial charge in [-0.3, -0.25) is 0 Å². The van der Waals surface area contributed by atoms with Crippen molar-refractivity contribution in [2.75, 3.05) is 13.2 Å². The molecule has 1 saturated carbocycles. The topological polar surface area (TPSA) is 59.4 Å². The van der Waals surface area contributed by atoms with Gasteiger partial charge >= 0.3 is 0 Å². The molecule has 1 heterocycles. The van der Waals surface area contributed by atoms with Crippen LogP contribution in [0.25, 0.3) is 0 Å². The van der Waals surface area contributed by atoms with Gasteiger partial charge in [0.05, 0.1) is 0 Å². The lowest BCUT2D eigenvalue weighted by Gasteiger charge is -2.08. The second-order valence-corrected chi connectivity index (χ2v) is 4.61. The van der Waals surface area contributed by atoms with Crippen LogP contribution in [-0.2, 0) is 6.42 Å². The van der Waals surface area contributed by atoms with Crippen LogP contribution in [0.2, 0.25) is 0 Å². The van der Waals surface area contributed by atoms with E-state index in [0.717, 1.165) is 23.9 Å². The van der Waals surface area contributed by atoms with Gasteiger partial charge in [-0.05, 0) is 31.0 Å². The quantitative estimate of drug-likeness (QED) is 0.772. The standard InChI is InChI=1S/C12H19NO2/c1-8-4-11(8)12-3-2-10(15-12)5-9(6-13)7-14/h2-3,8-9,11,14H,4-7,13H2,1H3. The van der Waals surface area contributed by atoms with E-state index in [1.807, 2.05) is 6.07 Å². The molecule has 0 amide bonds. The van der Waals surface area contributed by atoms with Gasteiger partial charge < -0.3 is 15.3 Å². The zero-order chi connectivity index (χ0) is 10.8. The summed E-state index contributed by atoms with van der Waals surface area (Å²) in [6, 6.07) is 4.08. The number of hydrogen-bond donors (Lipinski definition) is 2. The summed E-state index contributed by atoms with van der Waals surface area (Å²) >= 11 is 0. The molecular formula is C12H19NO2. The monoisotopic (exact) mass is 209 g/mol. The SMILES string of the molecule is CC1CC1c1ccc(CC(CN)CO)o1. The number of rotatable bonds is 5. The fourth-order valence-corrected chi connectivity index (χ4v) is 1.93. The van der Waals surface area contributed by atoms with Crippen molar-refractivity contribution in [1.82, 2.24) is 0 Å². The molecule has 3 N–H and O–H groups in total. The van der Waals surface area contributed by atoms with E-state index >= 15 is 0 Å². The number of nitrogens with two attached hydrogens (primary N) is 1. The highest BCUT2D eigenvalue weighted by molar-refractivity contribution is 5.17. The van der Waals surface area contributed by atoms with Crippen LogP contribution in [0.4, 0.5) is 0 Å². The maximum atomic E-state index is 9.04. The first-order valence-electron chi connectivity index (χ1n) is 5.64. The molecule has 0 aliphatic heterocycles. The van der Waals surface area contributed by atoms with Crippen molar-refractivity contribution in [1.29, 1.82) is 0 Å². The summed E-state index contributed by atoms with van der Waals surface area (Å²) in [6.07, 6.45) is 1.99. The molecule has 3 unspecified atom stereocenters. The van der Waals surface area contributed by atoms with Gasteiger partial charge in [-0.1, -0.05) is 6.92 Å². The van der Waals surface area contributed by atoms with Gasteiger partial charge in [0.1, 0.15) is 11.5 Å². The molecule has 2 rings (SSSR count). The van der Waals surface area contributed by atoms with E-state index < -0.39 is 0 Å². The fraction of sp³-hybridized carbons (Fsp3) is 0.667. The van der Waals surface area contributed by atoms with E-state index in [0.29, 0.717) is 12.5 Å². The molecule has 84 valence electrons. The molecule has 3 heteroatoms. The third kappa shape index (κ3) is 2.41. The Morgan fingerprint density at radius 1 is 1.60 bits per heavy atom. The zero-order valence-corrected chi connectivity index (χ0v) is 9.15. The minimum Gasteiger partial charge on any atom is -0.466 e. The van der Waals surface area contributed by atoms with Gasteiger partial charge in [0.15, 0.2) is 0 Å². The van der Waals surface area contributed by atoms with E-state index in [4.69, 9.17) is 15.3 Å². The van der Waals surface area contributed by atoms with Gasteiger partial charge in [0, 0.05) is 24.9 Å². The summed E-state index contributed by atoms with van der Waals surface area (Å²) in [5, 5.41) is 9.04. The summed E-state index contributed by atoms with van der Waals surface area (Å²) in [4.78, 5) is 0. The van der Waals surface area contributed by atoms with Crippen molar-refractivity contribution in [2.24, 2.45) is 17.6 Å². The molecule has 1 fully saturated rings. The van der Waals surface area contributed by atoms with E-state index in [-0.39, 0.29) is 12.5 Å². The van der Waals surface area contributed by atoms with Crippen LogP contribution in [0.5, 0.6) is 0 Å². The molecule has 1 aromatic rings. The average Bonchev–Trinajstić information content (AvgIpc) is 2.80. The lowest BCUT2D eigenvalue weighted by molar-refractivity contribution is 0.223. The Bertz CT molecular complexity index is 317. The Morgan fingerprint density at radius 2 is 2.33 bits per heavy atom. The van der Waals surface area contributed by atoms with Crippen molar-refractivity contribution in [3.8, 4) is 0 Å². The largest absolute Gasteiger partial charge is 0.466 e. The summed E-state index contributed by atoms with van der Waals surface area (Å²) in [6.45, 7) is 2.88. The van der Waals surface area contributed by atoms with E-state index in [2.05, 4.69) is 13.0 Å². The lowest BCUT2D eigenvalue weighted by atomic mass is 10.1. The number of aliphatic hydroxyl groups excluding tert-OH is 1. The maximum Gasteiger partial charge on any atom is 0.107 e. The molecule has 3 nitrogen and oxygen atoms in total. The smallest absolute Gasteiger partial charge is 0.107 e. The van der Waals surface area contributed by atoms with Gasteiger partial charge in [-0.25, -0.2) is 0 Å². The first-order valence-corrected chi connectivity index (χ1v) is 5.64. The highest BCUT2D eigenvalue weighted by atomic mass is 16.3. The van der Waals surface area contributed by atoms with Crippen LogP contribution >= 0.6 is 0 Å². The van der Waals surface area contributed by atoms with Gasteiger partial charge in [0.2, 0.25) is 0 Å². The molecule has 0 bridgehead atoms. The van der Waals surface area contributed by atoms with Gasteiger partial charge in [0.25, 0.3) is 0 Å². The van der Waals surface area contributed by atoms with Gasteiger partial charge in [-0.15, -0.1) is 0 Å². The van der Waals surface area contributed by atoms with Crippen molar-refractivity contribution < 1.29 is 9.52 Å². The first-order chi connectivity index (χ1) is 7.24. The number of aliphatic hydroxyl groups is 1. The second kappa shape index (κ2) is 4.37. The van der Waals surface area contributed by atoms with E-state index in [9.17, 15) is 0 Å². The summed E-state index contributed by atoms with van der Waals surface area (Å²) in [5.74, 6) is 3.58. The minimum atomic E-state index is 0.126. The Kier molecular flexibility index (Phi) is 3.12. The maximum absolute atomic E-state index is 9.04. The van der Waals surface area contributed by atoms with Crippen LogP contribution < -0.4 is 5.73 Å². The Balaban J connectivity index is 1.95. The van der Waals surface area contributed by atoms with Crippen molar-refractivity contribution in [3.63, 3.8) is 0 Å². The van der Waals surface area contributed by atoms with E-state index in [1.165, 1.54) is 6.42 Å². The molecule has 0 spiro atoms. The molecule has 15 heavy (non-hydrogen) atoms. The Hall–Kier alpha value is -0.800. The second-order valence-electron chi connectivity index (χ2n) is 4.61. The number of hydrogen-bond acceptors (Lipinski definition) is 3. The Labute approximate surface area is 90.3 Å². The predicted molar refractivity (Wildman–Crippen MR) is 58.6 cm³/mol. The normalized spacial score (nSPS) is 26.6. The van der Waals surface area contributed by atoms with Crippen LogP contribution in [0, 0.1) is 11.8 Å². The van der Waals surface area contributed by atoms with Gasteiger partial charge in [-0.2, -0.15) is 0 Å². The first kappa shape index (κ1) is 10.7. The highest BCUT2D eigenvalue weighted by Gasteiger charge is 2.36. The average molecular weight is 209 g/mol. The zero-order valence-electron chi connectivity index (χ0n) is 9.15. The van der Waals surface area contributed by atoms with Crippen LogP contribution in [0.1, 0.15) is 30.8 Å². The van der Waals surface area contributed by atoms with Crippen LogP contribution in [0.3, 0.4) is 0 Å². The van der Waals surface area contributed by atoms with Crippen molar-refractivity contribution in [3.05, 3.63) is 23.7 Å².